The van der Waals surface area contributed by atoms with Crippen LogP contribution in [0, 0.1) is 0 Å². The van der Waals surface area contributed by atoms with Gasteiger partial charge in [-0.3, -0.25) is 9.59 Å². The molecule has 46 valence electrons. The second-order valence-corrected chi connectivity index (χ2v) is 1.22. The molecule has 0 rings (SSSR count). The van der Waals surface area contributed by atoms with E-state index in [0.29, 0.717) is 6.61 Å². The van der Waals surface area contributed by atoms with E-state index in [2.05, 4.69) is 4.74 Å². The maximum atomic E-state index is 10.1. The lowest BCUT2D eigenvalue weighted by Crippen LogP contribution is -2.08. The van der Waals surface area contributed by atoms with Crippen molar-refractivity contribution in [3.63, 3.8) is 0 Å². The maximum absolute atomic E-state index is 10.1. The van der Waals surface area contributed by atoms with E-state index in [0.717, 1.165) is 0 Å². The first-order chi connectivity index (χ1) is 3.81. The Labute approximate surface area is 47.6 Å². The van der Waals surface area contributed by atoms with Gasteiger partial charge < -0.3 is 4.74 Å². The smallest absolute Gasteiger partial charge is 0.220 e. The summed E-state index contributed by atoms with van der Waals surface area (Å²) in [6.07, 6.45) is 0.260. The number of ketones is 1. The lowest BCUT2D eigenvalue weighted by molar-refractivity contribution is -0.132. The Kier molecular flexibility index (Phi) is 4.07. The van der Waals surface area contributed by atoms with Gasteiger partial charge in [-0.25, -0.2) is 0 Å². The number of carbonyl (C=O) groups excluding carboxylic acids is 2. The molecule has 0 amide bonds. The minimum Gasteiger partial charge on any atom is -0.373 e. The Bertz CT molecular complexity index is 87.7. The van der Waals surface area contributed by atoms with E-state index in [1.54, 1.807) is 6.92 Å². The molecule has 0 aliphatic heterocycles. The van der Waals surface area contributed by atoms with Crippen LogP contribution in [0.25, 0.3) is 0 Å². The zero-order valence-corrected chi connectivity index (χ0v) is 4.72. The van der Waals surface area contributed by atoms with Crippen LogP contribution in [0.3, 0.4) is 0 Å². The second-order valence-electron chi connectivity index (χ2n) is 1.22. The number of carbonyl (C=O) groups is 2. The highest BCUT2D eigenvalue weighted by atomic mass is 16.5. The molecule has 0 unspecified atom stereocenters. The van der Waals surface area contributed by atoms with Crippen LogP contribution in [0.2, 0.25) is 0 Å². The van der Waals surface area contributed by atoms with Gasteiger partial charge in [-0.2, -0.15) is 0 Å². The van der Waals surface area contributed by atoms with E-state index in [1.807, 2.05) is 0 Å². The number of aldehydes is 1. The van der Waals surface area contributed by atoms with Gasteiger partial charge in [0.15, 0.2) is 6.29 Å². The van der Waals surface area contributed by atoms with Crippen LogP contribution < -0.4 is 0 Å². The summed E-state index contributed by atoms with van der Waals surface area (Å²) in [7, 11) is 0. The third-order valence-corrected chi connectivity index (χ3v) is 0.580. The molecule has 0 atom stereocenters. The molecule has 0 aromatic carbocycles. The zero-order valence-electron chi connectivity index (χ0n) is 4.72. The first-order valence-corrected chi connectivity index (χ1v) is 2.37. The molecule has 0 aliphatic carbocycles. The summed E-state index contributed by atoms with van der Waals surface area (Å²) in [6.45, 7) is 2.15. The van der Waals surface area contributed by atoms with E-state index in [1.165, 1.54) is 0 Å². The molecule has 0 heterocycles. The van der Waals surface area contributed by atoms with Gasteiger partial charge in [-0.15, -0.1) is 0 Å². The Morgan fingerprint density at radius 3 is 2.75 bits per heavy atom. The van der Waals surface area contributed by atoms with Gasteiger partial charge in [0, 0.05) is 6.61 Å². The summed E-state index contributed by atoms with van der Waals surface area (Å²) in [5, 5.41) is 0. The van der Waals surface area contributed by atoms with E-state index in [9.17, 15) is 9.59 Å². The molecule has 0 spiro atoms. The molecule has 3 nitrogen and oxygen atoms in total. The van der Waals surface area contributed by atoms with Crippen LogP contribution in [0.4, 0.5) is 0 Å². The molecule has 0 N–H and O–H groups in total. The molecule has 0 radical (unpaired) electrons. The van der Waals surface area contributed by atoms with E-state index in [4.69, 9.17) is 0 Å². The van der Waals surface area contributed by atoms with Gasteiger partial charge in [-0.05, 0) is 6.92 Å². The molecule has 0 saturated carbocycles. The predicted molar refractivity (Wildman–Crippen MR) is 27.6 cm³/mol. The van der Waals surface area contributed by atoms with Crippen molar-refractivity contribution >= 4 is 12.1 Å². The van der Waals surface area contributed by atoms with Crippen LogP contribution in [0.1, 0.15) is 6.92 Å². The molecule has 0 saturated heterocycles. The van der Waals surface area contributed by atoms with Gasteiger partial charge >= 0.3 is 0 Å². The Morgan fingerprint density at radius 2 is 2.38 bits per heavy atom. The van der Waals surface area contributed by atoms with Crippen molar-refractivity contribution in [3.05, 3.63) is 0 Å². The molecular formula is C5H8O3. The summed E-state index contributed by atoms with van der Waals surface area (Å²) in [5.74, 6) is -0.508. The number of hydrogen-bond acceptors (Lipinski definition) is 3. The minimum atomic E-state index is -0.508. The van der Waals surface area contributed by atoms with E-state index in [-0.39, 0.29) is 12.9 Å². The normalized spacial score (nSPS) is 8.62. The Hall–Kier alpha value is -0.700. The average molecular weight is 116 g/mol. The first-order valence-electron chi connectivity index (χ1n) is 2.37. The number of hydrogen-bond donors (Lipinski definition) is 0. The molecule has 3 heteroatoms. The highest BCUT2D eigenvalue weighted by Gasteiger charge is 1.94. The summed E-state index contributed by atoms with van der Waals surface area (Å²) < 4.78 is 4.61. The molecule has 8 heavy (non-hydrogen) atoms. The van der Waals surface area contributed by atoms with Gasteiger partial charge in [0.25, 0.3) is 0 Å². The quantitative estimate of drug-likeness (QED) is 0.377. The van der Waals surface area contributed by atoms with Crippen LogP contribution in [0.5, 0.6) is 0 Å². The van der Waals surface area contributed by atoms with Crippen molar-refractivity contribution in [1.29, 1.82) is 0 Å². The van der Waals surface area contributed by atoms with Gasteiger partial charge in [0.05, 0.1) is 0 Å². The monoisotopic (exact) mass is 116 g/mol. The topological polar surface area (TPSA) is 43.4 Å². The predicted octanol–water partition coefficient (Wildman–Crippen LogP) is -0.209. The van der Waals surface area contributed by atoms with Crippen molar-refractivity contribution in [2.75, 3.05) is 13.2 Å². The molecule has 0 aromatic rings. The third kappa shape index (κ3) is 3.49. The summed E-state index contributed by atoms with van der Waals surface area (Å²) >= 11 is 0. The second kappa shape index (κ2) is 4.46. The van der Waals surface area contributed by atoms with Crippen molar-refractivity contribution in [3.8, 4) is 0 Å². The van der Waals surface area contributed by atoms with Crippen molar-refractivity contribution < 1.29 is 14.3 Å². The number of rotatable bonds is 4. The third-order valence-electron chi connectivity index (χ3n) is 0.580. The first kappa shape index (κ1) is 7.30. The molecular weight excluding hydrogens is 108 g/mol. The SMILES string of the molecule is CCOCC(=O)C=O. The summed E-state index contributed by atoms with van der Waals surface area (Å²) in [6, 6.07) is 0. The van der Waals surface area contributed by atoms with Crippen molar-refractivity contribution in [2.24, 2.45) is 0 Å². The fourth-order valence-electron chi connectivity index (χ4n) is 0.237. The molecule has 0 bridgehead atoms. The maximum Gasteiger partial charge on any atom is 0.220 e. The van der Waals surface area contributed by atoms with Crippen molar-refractivity contribution in [1.82, 2.24) is 0 Å². The number of ether oxygens (including phenoxy) is 1. The fraction of sp³-hybridized carbons (Fsp3) is 0.600. The van der Waals surface area contributed by atoms with Crippen LogP contribution in [0.15, 0.2) is 0 Å². The lowest BCUT2D eigenvalue weighted by Gasteiger charge is -1.90. The highest BCUT2D eigenvalue weighted by molar-refractivity contribution is 6.25. The average Bonchev–Trinajstić information content (AvgIpc) is 1.83. The van der Waals surface area contributed by atoms with Crippen LogP contribution in [-0.4, -0.2) is 25.3 Å². The summed E-state index contributed by atoms with van der Waals surface area (Å²) in [4.78, 5) is 19.7. The summed E-state index contributed by atoms with van der Waals surface area (Å²) in [5.41, 5.74) is 0. The largest absolute Gasteiger partial charge is 0.373 e. The van der Waals surface area contributed by atoms with Gasteiger partial charge in [0.2, 0.25) is 5.78 Å². The standard InChI is InChI=1S/C5H8O3/c1-2-8-4-5(7)3-6/h3H,2,4H2,1H3. The lowest BCUT2D eigenvalue weighted by atomic mass is 10.5. The minimum absolute atomic E-state index is 0.0833. The van der Waals surface area contributed by atoms with Crippen LogP contribution >= 0.6 is 0 Å². The van der Waals surface area contributed by atoms with E-state index >= 15 is 0 Å². The van der Waals surface area contributed by atoms with Gasteiger partial charge in [0.1, 0.15) is 6.61 Å². The Morgan fingerprint density at radius 1 is 1.75 bits per heavy atom. The fourth-order valence-corrected chi connectivity index (χ4v) is 0.237. The van der Waals surface area contributed by atoms with Gasteiger partial charge in [-0.1, -0.05) is 0 Å². The Balaban J connectivity index is 3.11. The zero-order chi connectivity index (χ0) is 6.41. The highest BCUT2D eigenvalue weighted by Crippen LogP contribution is 1.71. The molecule has 0 fully saturated rings. The van der Waals surface area contributed by atoms with Crippen molar-refractivity contribution in [2.45, 2.75) is 6.92 Å². The number of Topliss-reactive ketones (excluding diaryl/α,β-unsaturated/α-hetero) is 1. The van der Waals surface area contributed by atoms with Crippen LogP contribution in [-0.2, 0) is 14.3 Å². The molecule has 0 aromatic heterocycles. The molecule has 0 aliphatic rings. The van der Waals surface area contributed by atoms with E-state index < -0.39 is 5.78 Å².